The van der Waals surface area contributed by atoms with E-state index in [1.165, 1.54) is 5.56 Å². The molecule has 1 saturated heterocycles. The highest BCUT2D eigenvalue weighted by Crippen LogP contribution is 2.17. The molecule has 0 aliphatic carbocycles. The van der Waals surface area contributed by atoms with Crippen LogP contribution in [0.2, 0.25) is 0 Å². The Balaban J connectivity index is 2.11. The molecule has 4 heteroatoms. The fourth-order valence-corrected chi connectivity index (χ4v) is 1.62. The molecule has 2 rings (SSSR count). The molecule has 0 spiro atoms. The van der Waals surface area contributed by atoms with Crippen molar-refractivity contribution in [1.29, 1.82) is 0 Å². The predicted octanol–water partition coefficient (Wildman–Crippen LogP) is 1.14. The monoisotopic (exact) mass is 222 g/mol. The molecule has 88 valence electrons. The van der Waals surface area contributed by atoms with Gasteiger partial charge < -0.3 is 14.8 Å². The maximum absolute atomic E-state index is 5.72. The molecule has 1 aliphatic heterocycles. The number of aryl methyl sites for hydroxylation is 1. The van der Waals surface area contributed by atoms with Crippen molar-refractivity contribution in [2.75, 3.05) is 20.3 Å². The van der Waals surface area contributed by atoms with Crippen molar-refractivity contribution >= 4 is 0 Å². The molecule has 1 aromatic heterocycles. The minimum absolute atomic E-state index is 0.182. The summed E-state index contributed by atoms with van der Waals surface area (Å²) in [7, 11) is 1.94. The van der Waals surface area contributed by atoms with E-state index in [0.717, 1.165) is 24.5 Å². The highest BCUT2D eigenvalue weighted by molar-refractivity contribution is 5.25. The number of rotatable bonds is 5. The first-order chi connectivity index (χ1) is 7.81. The van der Waals surface area contributed by atoms with E-state index < -0.39 is 0 Å². The summed E-state index contributed by atoms with van der Waals surface area (Å²) in [5, 5.41) is 3.14. The Kier molecular flexibility index (Phi) is 3.74. The second-order valence-corrected chi connectivity index (χ2v) is 3.97. The molecule has 1 aliphatic rings. The van der Waals surface area contributed by atoms with Crippen molar-refractivity contribution in [2.45, 2.75) is 26.0 Å². The Morgan fingerprint density at radius 1 is 1.50 bits per heavy atom. The van der Waals surface area contributed by atoms with Crippen molar-refractivity contribution in [3.05, 3.63) is 23.4 Å². The van der Waals surface area contributed by atoms with Crippen molar-refractivity contribution in [3.8, 4) is 5.88 Å². The summed E-state index contributed by atoms with van der Waals surface area (Å²) in [6.07, 6.45) is 1.11. The lowest BCUT2D eigenvalue weighted by molar-refractivity contribution is -0.0814. The maximum atomic E-state index is 5.72. The quantitative estimate of drug-likeness (QED) is 0.811. The minimum atomic E-state index is 0.182. The summed E-state index contributed by atoms with van der Waals surface area (Å²) >= 11 is 0. The van der Waals surface area contributed by atoms with Gasteiger partial charge in [-0.05, 0) is 25.1 Å². The third-order valence-corrected chi connectivity index (χ3v) is 2.55. The molecule has 0 radical (unpaired) electrons. The molecular formula is C12H18N2O2. The van der Waals surface area contributed by atoms with Crippen LogP contribution < -0.4 is 10.1 Å². The van der Waals surface area contributed by atoms with Gasteiger partial charge in [-0.15, -0.1) is 0 Å². The zero-order valence-electron chi connectivity index (χ0n) is 9.82. The Bertz CT molecular complexity index is 351. The largest absolute Gasteiger partial charge is 0.469 e. The van der Waals surface area contributed by atoms with Crippen LogP contribution in [-0.2, 0) is 17.7 Å². The smallest absolute Gasteiger partial charge is 0.214 e. The molecule has 16 heavy (non-hydrogen) atoms. The van der Waals surface area contributed by atoms with Gasteiger partial charge in [-0.25, -0.2) is 4.98 Å². The van der Waals surface area contributed by atoms with Crippen LogP contribution in [-0.4, -0.2) is 31.3 Å². The highest BCUT2D eigenvalue weighted by atomic mass is 16.6. The first-order valence-electron chi connectivity index (χ1n) is 5.70. The fourth-order valence-electron chi connectivity index (χ4n) is 1.62. The van der Waals surface area contributed by atoms with E-state index in [1.54, 1.807) is 0 Å². The van der Waals surface area contributed by atoms with Crippen LogP contribution in [0, 0.1) is 0 Å². The number of aromatic nitrogens is 1. The van der Waals surface area contributed by atoms with Gasteiger partial charge in [0.25, 0.3) is 0 Å². The van der Waals surface area contributed by atoms with Crippen molar-refractivity contribution in [1.82, 2.24) is 10.3 Å². The molecule has 1 N–H and O–H groups in total. The van der Waals surface area contributed by atoms with Gasteiger partial charge in [0, 0.05) is 18.3 Å². The third kappa shape index (κ3) is 2.71. The Morgan fingerprint density at radius 2 is 2.31 bits per heavy atom. The van der Waals surface area contributed by atoms with Gasteiger partial charge in [0.15, 0.2) is 0 Å². The SMILES string of the molecule is CCc1cc(CNC)cc(OC2COC2)n1. The van der Waals surface area contributed by atoms with E-state index in [9.17, 15) is 0 Å². The van der Waals surface area contributed by atoms with Crippen molar-refractivity contribution < 1.29 is 9.47 Å². The van der Waals surface area contributed by atoms with Gasteiger partial charge in [0.05, 0.1) is 13.2 Å². The van der Waals surface area contributed by atoms with Gasteiger partial charge in [-0.2, -0.15) is 0 Å². The van der Waals surface area contributed by atoms with Gasteiger partial charge in [-0.1, -0.05) is 6.92 Å². The number of nitrogens with zero attached hydrogens (tertiary/aromatic N) is 1. The molecule has 1 aromatic rings. The zero-order valence-corrected chi connectivity index (χ0v) is 9.82. The molecule has 0 unspecified atom stereocenters. The Labute approximate surface area is 96.0 Å². The van der Waals surface area contributed by atoms with Gasteiger partial charge in [-0.3, -0.25) is 0 Å². The number of hydrogen-bond acceptors (Lipinski definition) is 4. The van der Waals surface area contributed by atoms with Crippen LogP contribution in [0.3, 0.4) is 0 Å². The zero-order chi connectivity index (χ0) is 11.4. The summed E-state index contributed by atoms with van der Waals surface area (Å²) < 4.78 is 10.8. The average Bonchev–Trinajstić information content (AvgIpc) is 2.24. The van der Waals surface area contributed by atoms with Crippen molar-refractivity contribution in [2.24, 2.45) is 0 Å². The van der Waals surface area contributed by atoms with Crippen LogP contribution in [0.1, 0.15) is 18.2 Å². The van der Waals surface area contributed by atoms with E-state index >= 15 is 0 Å². The number of ether oxygens (including phenoxy) is 2. The molecule has 0 atom stereocenters. The molecular weight excluding hydrogens is 204 g/mol. The first-order valence-corrected chi connectivity index (χ1v) is 5.70. The summed E-state index contributed by atoms with van der Waals surface area (Å²) in [5.74, 6) is 0.720. The molecule has 0 aromatic carbocycles. The van der Waals surface area contributed by atoms with Crippen LogP contribution in [0.25, 0.3) is 0 Å². The van der Waals surface area contributed by atoms with Crippen LogP contribution in [0.5, 0.6) is 5.88 Å². The molecule has 2 heterocycles. The summed E-state index contributed by atoms with van der Waals surface area (Å²) in [5.41, 5.74) is 2.28. The standard InChI is InChI=1S/C12H18N2O2/c1-3-10-4-9(6-13-2)5-12(14-10)16-11-7-15-8-11/h4-5,11,13H,3,6-8H2,1-2H3. The van der Waals surface area contributed by atoms with Gasteiger partial charge in [0.1, 0.15) is 6.10 Å². The third-order valence-electron chi connectivity index (χ3n) is 2.55. The van der Waals surface area contributed by atoms with Crippen LogP contribution in [0.15, 0.2) is 12.1 Å². The Morgan fingerprint density at radius 3 is 2.88 bits per heavy atom. The second kappa shape index (κ2) is 5.27. The average molecular weight is 222 g/mol. The summed E-state index contributed by atoms with van der Waals surface area (Å²) in [6.45, 7) is 4.30. The maximum Gasteiger partial charge on any atom is 0.214 e. The highest BCUT2D eigenvalue weighted by Gasteiger charge is 2.20. The second-order valence-electron chi connectivity index (χ2n) is 3.97. The molecule has 4 nitrogen and oxygen atoms in total. The molecule has 0 bridgehead atoms. The molecule has 1 fully saturated rings. The number of nitrogens with one attached hydrogen (secondary N) is 1. The lowest BCUT2D eigenvalue weighted by atomic mass is 10.2. The normalized spacial score (nSPS) is 15.9. The van der Waals surface area contributed by atoms with E-state index in [-0.39, 0.29) is 6.10 Å². The lowest BCUT2D eigenvalue weighted by Gasteiger charge is -2.26. The van der Waals surface area contributed by atoms with Gasteiger partial charge in [0.2, 0.25) is 5.88 Å². The number of hydrogen-bond donors (Lipinski definition) is 1. The van der Waals surface area contributed by atoms with E-state index in [0.29, 0.717) is 13.2 Å². The summed E-state index contributed by atoms with van der Waals surface area (Å²) in [4.78, 5) is 4.45. The van der Waals surface area contributed by atoms with Crippen LogP contribution >= 0.6 is 0 Å². The molecule has 0 amide bonds. The fraction of sp³-hybridized carbons (Fsp3) is 0.583. The van der Waals surface area contributed by atoms with E-state index in [1.807, 2.05) is 13.1 Å². The molecule has 0 saturated carbocycles. The van der Waals surface area contributed by atoms with E-state index in [2.05, 4.69) is 23.3 Å². The van der Waals surface area contributed by atoms with Gasteiger partial charge >= 0.3 is 0 Å². The number of pyridine rings is 1. The lowest BCUT2D eigenvalue weighted by Crippen LogP contribution is -2.38. The van der Waals surface area contributed by atoms with Crippen LogP contribution in [0.4, 0.5) is 0 Å². The Hall–Kier alpha value is -1.13. The topological polar surface area (TPSA) is 43.4 Å². The van der Waals surface area contributed by atoms with E-state index in [4.69, 9.17) is 9.47 Å². The minimum Gasteiger partial charge on any atom is -0.469 e. The summed E-state index contributed by atoms with van der Waals surface area (Å²) in [6, 6.07) is 4.11. The van der Waals surface area contributed by atoms with Crippen molar-refractivity contribution in [3.63, 3.8) is 0 Å². The predicted molar refractivity (Wildman–Crippen MR) is 61.6 cm³/mol. The first kappa shape index (κ1) is 11.4.